The summed E-state index contributed by atoms with van der Waals surface area (Å²) in [6, 6.07) is 32.3. The predicted octanol–water partition coefficient (Wildman–Crippen LogP) is 6.20. The third-order valence-electron chi connectivity index (χ3n) is 8.22. The van der Waals surface area contributed by atoms with Crippen LogP contribution < -0.4 is 10.6 Å². The van der Waals surface area contributed by atoms with Crippen LogP contribution in [0.3, 0.4) is 0 Å². The average molecular weight is 533 g/mol. The number of nitrogens with zero attached hydrogens (tertiary/aromatic N) is 2. The molecule has 5 aromatic rings. The van der Waals surface area contributed by atoms with Crippen LogP contribution in [0.15, 0.2) is 84.9 Å². The normalized spacial score (nSPS) is 17.2. The van der Waals surface area contributed by atoms with Gasteiger partial charge in [0.2, 0.25) is 0 Å². The maximum Gasteiger partial charge on any atom is 0.0355 e. The van der Waals surface area contributed by atoms with Crippen molar-refractivity contribution in [3.8, 4) is 22.3 Å². The van der Waals surface area contributed by atoms with Gasteiger partial charge in [-0.05, 0) is 69.8 Å². The molecule has 0 bridgehead atoms. The van der Waals surface area contributed by atoms with Gasteiger partial charge < -0.3 is 10.6 Å². The molecule has 0 atom stereocenters. The first-order valence-corrected chi connectivity index (χ1v) is 15.1. The Labute approximate surface area is 235 Å². The van der Waals surface area contributed by atoms with Crippen molar-refractivity contribution in [1.82, 2.24) is 20.4 Å². The van der Waals surface area contributed by atoms with Gasteiger partial charge in [-0.25, -0.2) is 0 Å². The van der Waals surface area contributed by atoms with E-state index in [9.17, 15) is 0 Å². The maximum absolute atomic E-state index is 3.46. The molecular weight excluding hydrogens is 496 g/mol. The van der Waals surface area contributed by atoms with Crippen LogP contribution in [0.5, 0.6) is 0 Å². The van der Waals surface area contributed by atoms with Crippen molar-refractivity contribution >= 4 is 31.5 Å². The van der Waals surface area contributed by atoms with Crippen LogP contribution in [0.4, 0.5) is 0 Å². The minimum absolute atomic E-state index is 1.02. The van der Waals surface area contributed by atoms with Gasteiger partial charge in [0.25, 0.3) is 0 Å². The minimum Gasteiger partial charge on any atom is -0.314 e. The molecule has 2 aliphatic heterocycles. The number of benzene rings is 4. The number of hydrogen-bond donors (Lipinski definition) is 2. The molecule has 0 aliphatic carbocycles. The van der Waals surface area contributed by atoms with Crippen LogP contribution in [-0.2, 0) is 13.1 Å². The summed E-state index contributed by atoms with van der Waals surface area (Å²) in [5.41, 5.74) is 8.00. The third kappa shape index (κ3) is 5.51. The first-order valence-electron chi connectivity index (χ1n) is 14.3. The Morgan fingerprint density at radius 1 is 0.513 bits per heavy atom. The highest BCUT2D eigenvalue weighted by Crippen LogP contribution is 2.38. The molecule has 1 aromatic heterocycles. The Kier molecular flexibility index (Phi) is 7.16. The smallest absolute Gasteiger partial charge is 0.0355 e. The second kappa shape index (κ2) is 11.2. The van der Waals surface area contributed by atoms with Crippen molar-refractivity contribution in [2.45, 2.75) is 13.1 Å². The lowest BCUT2D eigenvalue weighted by Crippen LogP contribution is -2.42. The molecule has 7 rings (SSSR count). The third-order valence-corrected chi connectivity index (χ3v) is 9.37. The van der Waals surface area contributed by atoms with Gasteiger partial charge in [0, 0.05) is 85.6 Å². The molecule has 2 N–H and O–H groups in total. The van der Waals surface area contributed by atoms with Crippen LogP contribution in [0.2, 0.25) is 0 Å². The maximum atomic E-state index is 3.46. The molecule has 0 radical (unpaired) electrons. The summed E-state index contributed by atoms with van der Waals surface area (Å²) in [5.74, 6) is 0. The number of hydrogen-bond acceptors (Lipinski definition) is 5. The van der Waals surface area contributed by atoms with Gasteiger partial charge in [0.1, 0.15) is 0 Å². The van der Waals surface area contributed by atoms with E-state index in [1.807, 2.05) is 11.3 Å². The molecule has 0 unspecified atom stereocenters. The Bertz CT molecular complexity index is 1480. The predicted molar refractivity (Wildman–Crippen MR) is 166 cm³/mol. The Morgan fingerprint density at radius 3 is 1.41 bits per heavy atom. The highest BCUT2D eigenvalue weighted by atomic mass is 32.1. The lowest BCUT2D eigenvalue weighted by Gasteiger charge is -2.27. The molecule has 2 aliphatic rings. The summed E-state index contributed by atoms with van der Waals surface area (Å²) >= 11 is 1.90. The van der Waals surface area contributed by atoms with E-state index in [0.29, 0.717) is 0 Å². The molecule has 0 saturated carbocycles. The van der Waals surface area contributed by atoms with Crippen molar-refractivity contribution in [3.05, 3.63) is 96.1 Å². The van der Waals surface area contributed by atoms with Gasteiger partial charge in [-0.2, -0.15) is 0 Å². The van der Waals surface area contributed by atoms with Crippen LogP contribution in [-0.4, -0.2) is 62.2 Å². The summed E-state index contributed by atoms with van der Waals surface area (Å²) in [6.45, 7) is 10.9. The first-order chi connectivity index (χ1) is 19.3. The second-order valence-corrected chi connectivity index (χ2v) is 12.1. The molecule has 2 saturated heterocycles. The molecule has 0 amide bonds. The van der Waals surface area contributed by atoms with Gasteiger partial charge in [0.15, 0.2) is 0 Å². The quantitative estimate of drug-likeness (QED) is 0.273. The summed E-state index contributed by atoms with van der Waals surface area (Å²) in [4.78, 5) is 5.09. The standard InChI is InChI=1S/C34H36N4S/c1-3-25(23-37-15-11-35-12-16-37)19-27(5-1)29-7-9-33-31(21-29)32-22-30(8-10-34(32)39-33)28-6-2-4-26(20-28)24-38-17-13-36-14-18-38/h1-10,19-22,35-36H,11-18,23-24H2. The fourth-order valence-electron chi connectivity index (χ4n) is 6.09. The fraction of sp³-hybridized carbons (Fsp3) is 0.294. The number of rotatable bonds is 6. The average Bonchev–Trinajstić information content (AvgIpc) is 3.36. The van der Waals surface area contributed by atoms with E-state index in [4.69, 9.17) is 0 Å². The molecule has 39 heavy (non-hydrogen) atoms. The zero-order valence-electron chi connectivity index (χ0n) is 22.5. The molecule has 4 nitrogen and oxygen atoms in total. The van der Waals surface area contributed by atoms with E-state index in [2.05, 4.69) is 105 Å². The van der Waals surface area contributed by atoms with Gasteiger partial charge in [0.05, 0.1) is 0 Å². The van der Waals surface area contributed by atoms with Crippen molar-refractivity contribution in [2.24, 2.45) is 0 Å². The van der Waals surface area contributed by atoms with Gasteiger partial charge in [-0.1, -0.05) is 48.5 Å². The van der Waals surface area contributed by atoms with E-state index in [1.165, 1.54) is 53.6 Å². The second-order valence-electron chi connectivity index (χ2n) is 11.0. The van der Waals surface area contributed by atoms with E-state index in [-0.39, 0.29) is 0 Å². The summed E-state index contributed by atoms with van der Waals surface area (Å²) in [7, 11) is 0. The minimum atomic E-state index is 1.02. The molecule has 4 aromatic carbocycles. The monoisotopic (exact) mass is 532 g/mol. The van der Waals surface area contributed by atoms with Crippen LogP contribution >= 0.6 is 11.3 Å². The molecule has 0 spiro atoms. The summed E-state index contributed by atoms with van der Waals surface area (Å²) in [5, 5.41) is 9.63. The Balaban J connectivity index is 1.19. The lowest BCUT2D eigenvalue weighted by molar-refractivity contribution is 0.233. The van der Waals surface area contributed by atoms with Crippen LogP contribution in [0, 0.1) is 0 Å². The largest absolute Gasteiger partial charge is 0.314 e. The molecule has 5 heteroatoms. The summed E-state index contributed by atoms with van der Waals surface area (Å²) in [6.07, 6.45) is 0. The van der Waals surface area contributed by atoms with Gasteiger partial charge in [-0.15, -0.1) is 11.3 Å². The molecular formula is C34H36N4S. The van der Waals surface area contributed by atoms with Crippen LogP contribution in [0.1, 0.15) is 11.1 Å². The fourth-order valence-corrected chi connectivity index (χ4v) is 7.16. The first kappa shape index (κ1) is 24.9. The Morgan fingerprint density at radius 2 is 0.949 bits per heavy atom. The Hall–Kier alpha value is -3.06. The van der Waals surface area contributed by atoms with Crippen molar-refractivity contribution in [3.63, 3.8) is 0 Å². The number of piperazine rings is 2. The van der Waals surface area contributed by atoms with E-state index in [1.54, 1.807) is 0 Å². The van der Waals surface area contributed by atoms with E-state index in [0.717, 1.165) is 65.4 Å². The van der Waals surface area contributed by atoms with E-state index >= 15 is 0 Å². The van der Waals surface area contributed by atoms with Crippen molar-refractivity contribution < 1.29 is 0 Å². The van der Waals surface area contributed by atoms with Crippen LogP contribution in [0.25, 0.3) is 42.4 Å². The van der Waals surface area contributed by atoms with Gasteiger partial charge >= 0.3 is 0 Å². The lowest BCUT2D eigenvalue weighted by atomic mass is 9.98. The zero-order valence-corrected chi connectivity index (χ0v) is 23.3. The molecule has 2 fully saturated rings. The highest BCUT2D eigenvalue weighted by Gasteiger charge is 2.13. The SMILES string of the molecule is c1cc(CN2CCNCC2)cc(-c2ccc3sc4ccc(-c5cccc(CN6CCNCC6)c5)cc4c3c2)c1. The zero-order chi connectivity index (χ0) is 26.0. The summed E-state index contributed by atoms with van der Waals surface area (Å²) < 4.78 is 2.71. The number of fused-ring (bicyclic) bond motifs is 3. The molecule has 198 valence electrons. The molecule has 3 heterocycles. The van der Waals surface area contributed by atoms with E-state index < -0.39 is 0 Å². The van der Waals surface area contributed by atoms with Gasteiger partial charge in [-0.3, -0.25) is 9.80 Å². The highest BCUT2D eigenvalue weighted by molar-refractivity contribution is 7.25. The number of thiophene rings is 1. The topological polar surface area (TPSA) is 30.5 Å². The number of nitrogens with one attached hydrogen (secondary N) is 2. The van der Waals surface area contributed by atoms with Crippen molar-refractivity contribution in [1.29, 1.82) is 0 Å². The van der Waals surface area contributed by atoms with Crippen molar-refractivity contribution in [2.75, 3.05) is 52.4 Å².